The molecule has 0 saturated heterocycles. The number of aliphatic hydroxyl groups is 2. The second kappa shape index (κ2) is 17.0. The third-order valence-electron chi connectivity index (χ3n) is 0.971. The Balaban J connectivity index is 0. The lowest BCUT2D eigenvalue weighted by Crippen LogP contribution is -2.24. The van der Waals surface area contributed by atoms with Crippen LogP contribution in [0.3, 0.4) is 0 Å². The molecule has 0 saturated carbocycles. The van der Waals surface area contributed by atoms with Crippen molar-refractivity contribution in [3.63, 3.8) is 0 Å². The monoisotopic (exact) mass is 179 g/mol. The average molecular weight is 179 g/mol. The topological polar surface area (TPSA) is 90.5 Å². The van der Waals surface area contributed by atoms with E-state index < -0.39 is 0 Å². The Hall–Kier alpha value is -0.200. The first-order valence-electron chi connectivity index (χ1n) is 4.10. The van der Waals surface area contributed by atoms with Crippen LogP contribution in [0.5, 0.6) is 0 Å². The summed E-state index contributed by atoms with van der Waals surface area (Å²) in [6, 6.07) is 0. The first-order chi connectivity index (χ1) is 5.83. The number of nitrogens with one attached hydrogen (secondary N) is 2. The Morgan fingerprint density at radius 3 is 1.92 bits per heavy atom. The summed E-state index contributed by atoms with van der Waals surface area (Å²) in [4.78, 5) is 0. The van der Waals surface area contributed by atoms with E-state index in [1.54, 1.807) is 7.05 Å². The number of aliphatic hydroxyl groups excluding tert-OH is 2. The molecule has 0 aliphatic carbocycles. The third kappa shape index (κ3) is 22.6. The number of rotatable bonds is 6. The van der Waals surface area contributed by atoms with Gasteiger partial charge in [-0.2, -0.15) is 0 Å². The maximum Gasteiger partial charge on any atom is 0.0555 e. The van der Waals surface area contributed by atoms with E-state index in [0.717, 1.165) is 6.54 Å². The van der Waals surface area contributed by atoms with Crippen molar-refractivity contribution < 1.29 is 10.2 Å². The molecular formula is C7H21N3O2. The molecule has 0 aromatic rings. The highest BCUT2D eigenvalue weighted by molar-refractivity contribution is 4.42. The van der Waals surface area contributed by atoms with Gasteiger partial charge in [-0.15, -0.1) is 0 Å². The molecule has 0 atom stereocenters. The Kier molecular flexibility index (Phi) is 20.4. The molecule has 0 aliphatic heterocycles. The highest BCUT2D eigenvalue weighted by Crippen LogP contribution is 1.51. The minimum absolute atomic E-state index is 0.194. The quantitative estimate of drug-likeness (QED) is 0.297. The molecule has 0 aromatic carbocycles. The van der Waals surface area contributed by atoms with Crippen molar-refractivity contribution in [1.29, 1.82) is 0 Å². The van der Waals surface area contributed by atoms with Crippen LogP contribution in [0.2, 0.25) is 0 Å². The van der Waals surface area contributed by atoms with Crippen LogP contribution < -0.4 is 16.4 Å². The SMILES string of the molecule is CNCCO.NCCNCCO. The molecule has 0 unspecified atom stereocenters. The molecular weight excluding hydrogens is 158 g/mol. The third-order valence-corrected chi connectivity index (χ3v) is 0.971. The van der Waals surface area contributed by atoms with Crippen molar-refractivity contribution in [3.05, 3.63) is 0 Å². The zero-order chi connectivity index (χ0) is 9.66. The summed E-state index contributed by atoms with van der Waals surface area (Å²) in [5.74, 6) is 0. The van der Waals surface area contributed by atoms with Gasteiger partial charge < -0.3 is 26.6 Å². The van der Waals surface area contributed by atoms with E-state index in [4.69, 9.17) is 15.9 Å². The van der Waals surface area contributed by atoms with E-state index >= 15 is 0 Å². The summed E-state index contributed by atoms with van der Waals surface area (Å²) in [7, 11) is 1.80. The highest BCUT2D eigenvalue weighted by atomic mass is 16.3. The van der Waals surface area contributed by atoms with Crippen molar-refractivity contribution in [2.75, 3.05) is 46.4 Å². The standard InChI is InChI=1S/C4H12N2O.C3H9NO/c5-1-2-6-3-4-7;1-4-2-3-5/h6-7H,1-5H2;4-5H,2-3H2,1H3. The van der Waals surface area contributed by atoms with E-state index in [1.165, 1.54) is 0 Å². The zero-order valence-electron chi connectivity index (χ0n) is 7.71. The molecule has 76 valence electrons. The summed E-state index contributed by atoms with van der Waals surface area (Å²) in [6.07, 6.45) is 0. The maximum atomic E-state index is 8.19. The average Bonchev–Trinajstić information content (AvgIpc) is 2.08. The molecule has 5 heteroatoms. The highest BCUT2D eigenvalue weighted by Gasteiger charge is 1.77. The molecule has 12 heavy (non-hydrogen) atoms. The summed E-state index contributed by atoms with van der Waals surface area (Å²) in [6.45, 7) is 3.20. The van der Waals surface area contributed by atoms with Crippen molar-refractivity contribution in [3.8, 4) is 0 Å². The Labute approximate surface area is 74.0 Å². The smallest absolute Gasteiger partial charge is 0.0555 e. The minimum atomic E-state index is 0.194. The number of likely N-dealkylation sites (N-methyl/N-ethyl adjacent to an activating group) is 1. The van der Waals surface area contributed by atoms with Gasteiger partial charge in [0.2, 0.25) is 0 Å². The predicted molar refractivity (Wildman–Crippen MR) is 50.0 cm³/mol. The molecule has 0 bridgehead atoms. The van der Waals surface area contributed by atoms with Crippen molar-refractivity contribution in [2.45, 2.75) is 0 Å². The van der Waals surface area contributed by atoms with Gasteiger partial charge in [0.25, 0.3) is 0 Å². The zero-order valence-corrected chi connectivity index (χ0v) is 7.71. The van der Waals surface area contributed by atoms with Gasteiger partial charge in [0.05, 0.1) is 13.2 Å². The van der Waals surface area contributed by atoms with Crippen molar-refractivity contribution in [2.24, 2.45) is 5.73 Å². The van der Waals surface area contributed by atoms with Crippen LogP contribution in [0.1, 0.15) is 0 Å². The lowest BCUT2D eigenvalue weighted by atomic mass is 10.6. The maximum absolute atomic E-state index is 8.19. The molecule has 6 N–H and O–H groups in total. The number of nitrogens with two attached hydrogens (primary N) is 1. The van der Waals surface area contributed by atoms with E-state index in [2.05, 4.69) is 10.6 Å². The van der Waals surface area contributed by atoms with Crippen molar-refractivity contribution in [1.82, 2.24) is 10.6 Å². The second-order valence-electron chi connectivity index (χ2n) is 2.09. The van der Waals surface area contributed by atoms with Crippen LogP contribution in [0, 0.1) is 0 Å². The van der Waals surface area contributed by atoms with Gasteiger partial charge >= 0.3 is 0 Å². The van der Waals surface area contributed by atoms with Gasteiger partial charge in [0, 0.05) is 26.2 Å². The molecule has 0 radical (unpaired) electrons. The molecule has 0 rings (SSSR count). The van der Waals surface area contributed by atoms with E-state index in [1.807, 2.05) is 0 Å². The van der Waals surface area contributed by atoms with E-state index in [9.17, 15) is 0 Å². The fourth-order valence-electron chi connectivity index (χ4n) is 0.418. The molecule has 0 aliphatic rings. The lowest BCUT2D eigenvalue weighted by molar-refractivity contribution is 0.293. The fourth-order valence-corrected chi connectivity index (χ4v) is 0.418. The number of hydrogen-bond donors (Lipinski definition) is 5. The normalized spacial score (nSPS) is 9.00. The molecule has 0 fully saturated rings. The van der Waals surface area contributed by atoms with Crippen molar-refractivity contribution >= 4 is 0 Å². The summed E-state index contributed by atoms with van der Waals surface area (Å²) >= 11 is 0. The van der Waals surface area contributed by atoms with Gasteiger partial charge in [-0.25, -0.2) is 0 Å². The van der Waals surface area contributed by atoms with Crippen LogP contribution in [-0.4, -0.2) is 56.7 Å². The summed E-state index contributed by atoms with van der Waals surface area (Å²) in [5, 5.41) is 21.9. The van der Waals surface area contributed by atoms with Crippen LogP contribution in [0.25, 0.3) is 0 Å². The van der Waals surface area contributed by atoms with Gasteiger partial charge in [-0.3, -0.25) is 0 Å². The largest absolute Gasteiger partial charge is 0.395 e. The molecule has 0 aromatic heterocycles. The first-order valence-corrected chi connectivity index (χ1v) is 4.10. The predicted octanol–water partition coefficient (Wildman–Crippen LogP) is -2.27. The first kappa shape index (κ1) is 14.3. The Bertz CT molecular complexity index is 58.6. The van der Waals surface area contributed by atoms with E-state index in [0.29, 0.717) is 19.6 Å². The van der Waals surface area contributed by atoms with Crippen LogP contribution >= 0.6 is 0 Å². The van der Waals surface area contributed by atoms with E-state index in [-0.39, 0.29) is 13.2 Å². The molecule has 0 spiro atoms. The van der Waals surface area contributed by atoms with Gasteiger partial charge in [0.15, 0.2) is 0 Å². The Morgan fingerprint density at radius 1 is 1.08 bits per heavy atom. The molecule has 0 heterocycles. The van der Waals surface area contributed by atoms with Crippen LogP contribution in [0.15, 0.2) is 0 Å². The van der Waals surface area contributed by atoms with Gasteiger partial charge in [0.1, 0.15) is 0 Å². The molecule has 5 nitrogen and oxygen atoms in total. The minimum Gasteiger partial charge on any atom is -0.395 e. The summed E-state index contributed by atoms with van der Waals surface area (Å²) < 4.78 is 0. The second-order valence-corrected chi connectivity index (χ2v) is 2.09. The number of hydrogen-bond acceptors (Lipinski definition) is 5. The van der Waals surface area contributed by atoms with Gasteiger partial charge in [-0.05, 0) is 7.05 Å². The molecule has 0 amide bonds. The lowest BCUT2D eigenvalue weighted by Gasteiger charge is -1.95. The fraction of sp³-hybridized carbons (Fsp3) is 1.00. The van der Waals surface area contributed by atoms with Crippen LogP contribution in [-0.2, 0) is 0 Å². The Morgan fingerprint density at radius 2 is 1.67 bits per heavy atom. The summed E-state index contributed by atoms with van der Waals surface area (Å²) in [5.41, 5.74) is 5.13. The van der Waals surface area contributed by atoms with Gasteiger partial charge in [-0.1, -0.05) is 0 Å². The van der Waals surface area contributed by atoms with Crippen LogP contribution in [0.4, 0.5) is 0 Å².